The number of anilines is 1. The Balaban J connectivity index is 1.51. The van der Waals surface area contributed by atoms with Crippen LogP contribution in [0.25, 0.3) is 0 Å². The van der Waals surface area contributed by atoms with Crippen molar-refractivity contribution in [2.45, 2.75) is 32.2 Å². The molecule has 1 N–H and O–H groups in total. The van der Waals surface area contributed by atoms with Crippen LogP contribution in [0.5, 0.6) is 5.75 Å². The summed E-state index contributed by atoms with van der Waals surface area (Å²) in [5.41, 5.74) is 4.30. The van der Waals surface area contributed by atoms with Crippen molar-refractivity contribution in [3.8, 4) is 5.75 Å². The summed E-state index contributed by atoms with van der Waals surface area (Å²) < 4.78 is 5.37. The zero-order valence-electron chi connectivity index (χ0n) is 18.4. The van der Waals surface area contributed by atoms with E-state index in [0.29, 0.717) is 16.8 Å². The largest absolute Gasteiger partial charge is 0.497 e. The summed E-state index contributed by atoms with van der Waals surface area (Å²) in [5, 5.41) is 2.81. The Labute approximate surface area is 187 Å². The normalized spacial score (nSPS) is 14.2. The molecule has 0 saturated heterocycles. The van der Waals surface area contributed by atoms with Gasteiger partial charge in [0.1, 0.15) is 5.75 Å². The standard InChI is InChI=1S/C26H25N3O3/c1-26(2)16-19-8-9-21(32-3)14-22(19)23(29-26)15-24(30)17-4-6-18(7-5-17)25(31)28-20-10-12-27-13-11-20/h4-14H,15-16H2,1-3H3,(H,27,28,31). The van der Waals surface area contributed by atoms with Crippen molar-refractivity contribution >= 4 is 23.1 Å². The molecular formula is C26H25N3O3. The highest BCUT2D eigenvalue weighted by Gasteiger charge is 2.28. The van der Waals surface area contributed by atoms with Crippen LogP contribution >= 0.6 is 0 Å². The number of ketones is 1. The van der Waals surface area contributed by atoms with Crippen molar-refractivity contribution in [2.24, 2.45) is 4.99 Å². The van der Waals surface area contributed by atoms with E-state index < -0.39 is 0 Å². The van der Waals surface area contributed by atoms with E-state index in [-0.39, 0.29) is 23.7 Å². The molecule has 32 heavy (non-hydrogen) atoms. The van der Waals surface area contributed by atoms with Crippen LogP contribution in [0.3, 0.4) is 0 Å². The van der Waals surface area contributed by atoms with Crippen molar-refractivity contribution < 1.29 is 14.3 Å². The highest BCUT2D eigenvalue weighted by molar-refractivity contribution is 6.17. The predicted molar refractivity (Wildman–Crippen MR) is 125 cm³/mol. The number of nitrogens with one attached hydrogen (secondary N) is 1. The third-order valence-electron chi connectivity index (χ3n) is 5.42. The lowest BCUT2D eigenvalue weighted by molar-refractivity contribution is 0.0995. The van der Waals surface area contributed by atoms with Crippen molar-refractivity contribution in [3.63, 3.8) is 0 Å². The first-order valence-electron chi connectivity index (χ1n) is 10.5. The van der Waals surface area contributed by atoms with Crippen molar-refractivity contribution in [3.05, 3.63) is 89.2 Å². The van der Waals surface area contributed by atoms with Gasteiger partial charge in [-0.1, -0.05) is 18.2 Å². The third-order valence-corrected chi connectivity index (χ3v) is 5.42. The van der Waals surface area contributed by atoms with Gasteiger partial charge in [0.25, 0.3) is 5.91 Å². The molecule has 0 fully saturated rings. The summed E-state index contributed by atoms with van der Waals surface area (Å²) in [6.45, 7) is 4.14. The predicted octanol–water partition coefficient (Wildman–Crippen LogP) is 4.74. The average molecular weight is 428 g/mol. The second kappa shape index (κ2) is 8.75. The Morgan fingerprint density at radius 2 is 1.69 bits per heavy atom. The van der Waals surface area contributed by atoms with Gasteiger partial charge in [0.15, 0.2) is 5.78 Å². The molecule has 2 aromatic carbocycles. The van der Waals surface area contributed by atoms with Gasteiger partial charge in [-0.2, -0.15) is 0 Å². The van der Waals surface area contributed by atoms with E-state index in [9.17, 15) is 9.59 Å². The number of Topliss-reactive ketones (excluding diaryl/α,β-unsaturated/α-hetero) is 1. The summed E-state index contributed by atoms with van der Waals surface area (Å²) in [6, 6.07) is 16.1. The van der Waals surface area contributed by atoms with E-state index in [1.807, 2.05) is 18.2 Å². The lowest BCUT2D eigenvalue weighted by Gasteiger charge is -2.29. The Bertz CT molecular complexity index is 1180. The zero-order valence-corrected chi connectivity index (χ0v) is 18.4. The number of aromatic nitrogens is 1. The second-order valence-electron chi connectivity index (χ2n) is 8.44. The number of carbonyl (C=O) groups is 2. The van der Waals surface area contributed by atoms with Crippen LogP contribution < -0.4 is 10.1 Å². The number of amides is 1. The van der Waals surface area contributed by atoms with Crippen LogP contribution in [-0.2, 0) is 6.42 Å². The molecule has 6 heteroatoms. The number of methoxy groups -OCH3 is 1. The van der Waals surface area contributed by atoms with Gasteiger partial charge in [0, 0.05) is 34.8 Å². The summed E-state index contributed by atoms with van der Waals surface area (Å²) in [6.07, 6.45) is 4.22. The highest BCUT2D eigenvalue weighted by atomic mass is 16.5. The number of carbonyl (C=O) groups excluding carboxylic acids is 2. The topological polar surface area (TPSA) is 80.7 Å². The SMILES string of the molecule is COc1ccc2c(c1)C(CC(=O)c1ccc(C(=O)Nc3ccncc3)cc1)=NC(C)(C)C2. The summed E-state index contributed by atoms with van der Waals surface area (Å²) >= 11 is 0. The van der Waals surface area contributed by atoms with Crippen LogP contribution in [0.4, 0.5) is 5.69 Å². The number of rotatable bonds is 6. The molecule has 0 aliphatic carbocycles. The van der Waals surface area contributed by atoms with Crippen molar-refractivity contribution in [1.82, 2.24) is 4.98 Å². The van der Waals surface area contributed by atoms with E-state index in [0.717, 1.165) is 29.0 Å². The highest BCUT2D eigenvalue weighted by Crippen LogP contribution is 2.31. The van der Waals surface area contributed by atoms with Gasteiger partial charge in [-0.15, -0.1) is 0 Å². The average Bonchev–Trinajstić information content (AvgIpc) is 2.79. The number of aliphatic imine (C=N–C) groups is 1. The molecule has 4 rings (SSSR count). The number of benzene rings is 2. The number of hydrogen-bond donors (Lipinski definition) is 1. The first-order chi connectivity index (χ1) is 15.3. The molecule has 2 heterocycles. The molecular weight excluding hydrogens is 402 g/mol. The number of fused-ring (bicyclic) bond motifs is 1. The van der Waals surface area contributed by atoms with Crippen molar-refractivity contribution in [2.75, 3.05) is 12.4 Å². The molecule has 0 spiro atoms. The third kappa shape index (κ3) is 4.75. The second-order valence-corrected chi connectivity index (χ2v) is 8.44. The zero-order chi connectivity index (χ0) is 22.7. The van der Waals surface area contributed by atoms with Gasteiger partial charge in [0.2, 0.25) is 0 Å². The maximum Gasteiger partial charge on any atom is 0.255 e. The summed E-state index contributed by atoms with van der Waals surface area (Å²) in [7, 11) is 1.63. The first kappa shape index (κ1) is 21.4. The van der Waals surface area contributed by atoms with E-state index >= 15 is 0 Å². The number of hydrogen-bond acceptors (Lipinski definition) is 5. The fourth-order valence-electron chi connectivity index (χ4n) is 3.87. The molecule has 3 aromatic rings. The molecule has 0 unspecified atom stereocenters. The molecule has 1 amide bonds. The maximum absolute atomic E-state index is 13.0. The molecule has 6 nitrogen and oxygen atoms in total. The Kier molecular flexibility index (Phi) is 5.86. The van der Waals surface area contributed by atoms with Gasteiger partial charge >= 0.3 is 0 Å². The van der Waals surface area contributed by atoms with Crippen LogP contribution in [0, 0.1) is 0 Å². The molecule has 162 valence electrons. The molecule has 1 aromatic heterocycles. The van der Waals surface area contributed by atoms with Gasteiger partial charge in [-0.05, 0) is 62.2 Å². The lowest BCUT2D eigenvalue weighted by Crippen LogP contribution is -2.30. The van der Waals surface area contributed by atoms with Crippen molar-refractivity contribution in [1.29, 1.82) is 0 Å². The van der Waals surface area contributed by atoms with Crippen LogP contribution in [-0.4, -0.2) is 35.0 Å². The summed E-state index contributed by atoms with van der Waals surface area (Å²) in [5.74, 6) is 0.458. The quantitative estimate of drug-likeness (QED) is 0.576. The van der Waals surface area contributed by atoms with E-state index in [1.165, 1.54) is 0 Å². The molecule has 0 bridgehead atoms. The maximum atomic E-state index is 13.0. The molecule has 1 aliphatic rings. The Morgan fingerprint density at radius 1 is 1.00 bits per heavy atom. The lowest BCUT2D eigenvalue weighted by atomic mass is 9.85. The summed E-state index contributed by atoms with van der Waals surface area (Å²) in [4.78, 5) is 34.3. The first-order valence-corrected chi connectivity index (χ1v) is 10.5. The molecule has 0 saturated carbocycles. The minimum absolute atomic E-state index is 0.0451. The van der Waals surface area contributed by atoms with Gasteiger partial charge in [-0.3, -0.25) is 19.6 Å². The van der Waals surface area contributed by atoms with E-state index in [4.69, 9.17) is 9.73 Å². The molecule has 1 aliphatic heterocycles. The number of nitrogens with zero attached hydrogens (tertiary/aromatic N) is 2. The minimum Gasteiger partial charge on any atom is -0.497 e. The Morgan fingerprint density at radius 3 is 2.38 bits per heavy atom. The van der Waals surface area contributed by atoms with Gasteiger partial charge < -0.3 is 10.1 Å². The number of ether oxygens (including phenoxy) is 1. The van der Waals surface area contributed by atoms with Crippen LogP contribution in [0.15, 0.2) is 72.0 Å². The Hall–Kier alpha value is -3.80. The van der Waals surface area contributed by atoms with Crippen LogP contribution in [0.2, 0.25) is 0 Å². The fraction of sp³-hybridized carbons (Fsp3) is 0.231. The van der Waals surface area contributed by atoms with Gasteiger partial charge in [-0.25, -0.2) is 0 Å². The van der Waals surface area contributed by atoms with E-state index in [1.54, 1.807) is 55.9 Å². The minimum atomic E-state index is -0.272. The fourth-order valence-corrected chi connectivity index (χ4v) is 3.87. The number of pyridine rings is 1. The smallest absolute Gasteiger partial charge is 0.255 e. The molecule has 0 radical (unpaired) electrons. The van der Waals surface area contributed by atoms with Crippen LogP contribution in [0.1, 0.15) is 52.1 Å². The molecule has 0 atom stereocenters. The van der Waals surface area contributed by atoms with E-state index in [2.05, 4.69) is 24.1 Å². The monoisotopic (exact) mass is 427 g/mol. The van der Waals surface area contributed by atoms with Gasteiger partial charge in [0.05, 0.1) is 24.8 Å².